The van der Waals surface area contributed by atoms with Crippen molar-refractivity contribution in [3.05, 3.63) is 24.0 Å². The van der Waals surface area contributed by atoms with Gasteiger partial charge in [-0.3, -0.25) is 9.59 Å². The quantitative estimate of drug-likeness (QED) is 0.724. The summed E-state index contributed by atoms with van der Waals surface area (Å²) in [6, 6.07) is 2.85. The lowest BCUT2D eigenvalue weighted by Gasteiger charge is -2.11. The lowest BCUT2D eigenvalue weighted by atomic mass is 10.2. The third-order valence-electron chi connectivity index (χ3n) is 2.48. The number of unbranched alkanes of at least 4 members (excludes halogenated alkanes) is 1. The molecule has 0 radical (unpaired) electrons. The molecule has 0 saturated heterocycles. The van der Waals surface area contributed by atoms with Gasteiger partial charge in [0, 0.05) is 18.9 Å². The zero-order valence-electron chi connectivity index (χ0n) is 10.9. The fraction of sp³-hybridized carbons (Fsp3) is 0.385. The molecule has 2 N–H and O–H groups in total. The van der Waals surface area contributed by atoms with E-state index in [1.807, 2.05) is 0 Å². The minimum atomic E-state index is -3.14. The molecule has 1 aromatic carbocycles. The van der Waals surface area contributed by atoms with Crippen LogP contribution in [0.5, 0.6) is 5.75 Å². The maximum Gasteiger partial charge on any atom is 0.387 e. The highest BCUT2D eigenvalue weighted by molar-refractivity contribution is 5.92. The average molecular weight is 305 g/mol. The molecule has 0 saturated carbocycles. The van der Waals surface area contributed by atoms with E-state index in [9.17, 15) is 22.8 Å². The number of hydrogen-bond donors (Lipinski definition) is 2. The standard InChI is InChI=1S/C13H14F3NO4/c14-8-5-6-9(10(7-8)21-13(15)16)17-11(18)3-1-2-4-12(19)20/h5-7,13H,1-4H2,(H,17,18)(H,19,20). The number of carboxylic acids is 1. The molecule has 1 aromatic rings. The second-order valence-electron chi connectivity index (χ2n) is 4.17. The summed E-state index contributed by atoms with van der Waals surface area (Å²) < 4.78 is 41.4. The van der Waals surface area contributed by atoms with E-state index < -0.39 is 30.1 Å². The highest BCUT2D eigenvalue weighted by Gasteiger charge is 2.13. The van der Waals surface area contributed by atoms with Crippen LogP contribution < -0.4 is 10.1 Å². The fourth-order valence-electron chi connectivity index (χ4n) is 1.57. The van der Waals surface area contributed by atoms with Crippen molar-refractivity contribution in [3.63, 3.8) is 0 Å². The summed E-state index contributed by atoms with van der Waals surface area (Å²) >= 11 is 0. The number of halogens is 3. The first-order chi connectivity index (χ1) is 9.88. The number of rotatable bonds is 8. The molecule has 0 spiro atoms. The van der Waals surface area contributed by atoms with Gasteiger partial charge in [0.05, 0.1) is 5.69 Å². The van der Waals surface area contributed by atoms with E-state index in [0.717, 1.165) is 18.2 Å². The monoisotopic (exact) mass is 305 g/mol. The number of carbonyl (C=O) groups is 2. The summed E-state index contributed by atoms with van der Waals surface area (Å²) in [4.78, 5) is 21.9. The van der Waals surface area contributed by atoms with Crippen LogP contribution in [0.2, 0.25) is 0 Å². The van der Waals surface area contributed by atoms with Crippen LogP contribution in [0.4, 0.5) is 18.9 Å². The van der Waals surface area contributed by atoms with E-state index in [-0.39, 0.29) is 18.5 Å². The van der Waals surface area contributed by atoms with Crippen molar-refractivity contribution >= 4 is 17.6 Å². The third-order valence-corrected chi connectivity index (χ3v) is 2.48. The van der Waals surface area contributed by atoms with Crippen molar-refractivity contribution in [2.75, 3.05) is 5.32 Å². The Bertz CT molecular complexity index is 508. The maximum absolute atomic E-state index is 13.0. The number of alkyl halides is 2. The Kier molecular flexibility index (Phi) is 6.51. The molecular weight excluding hydrogens is 291 g/mol. The predicted molar refractivity (Wildman–Crippen MR) is 67.8 cm³/mol. The molecule has 0 heterocycles. The molecule has 0 atom stereocenters. The largest absolute Gasteiger partial charge is 0.481 e. The Hall–Kier alpha value is -2.25. The van der Waals surface area contributed by atoms with Gasteiger partial charge in [-0.05, 0) is 25.0 Å². The van der Waals surface area contributed by atoms with Crippen LogP contribution in [0, 0.1) is 5.82 Å². The van der Waals surface area contributed by atoms with Gasteiger partial charge in [0.25, 0.3) is 0 Å². The second-order valence-corrected chi connectivity index (χ2v) is 4.17. The van der Waals surface area contributed by atoms with E-state index in [2.05, 4.69) is 10.1 Å². The van der Waals surface area contributed by atoms with Crippen molar-refractivity contribution in [1.82, 2.24) is 0 Å². The van der Waals surface area contributed by atoms with Gasteiger partial charge < -0.3 is 15.2 Å². The summed E-state index contributed by atoms with van der Waals surface area (Å²) in [6.07, 6.45) is 0.638. The first-order valence-electron chi connectivity index (χ1n) is 6.14. The van der Waals surface area contributed by atoms with Gasteiger partial charge in [-0.25, -0.2) is 4.39 Å². The van der Waals surface area contributed by atoms with Gasteiger partial charge in [0.15, 0.2) is 5.75 Å². The predicted octanol–water partition coefficient (Wildman–Crippen LogP) is 3.01. The summed E-state index contributed by atoms with van der Waals surface area (Å²) in [6.45, 7) is -3.14. The molecule has 0 bridgehead atoms. The summed E-state index contributed by atoms with van der Waals surface area (Å²) in [7, 11) is 0. The number of benzene rings is 1. The van der Waals surface area contributed by atoms with Crippen molar-refractivity contribution in [1.29, 1.82) is 0 Å². The Morgan fingerprint density at radius 3 is 2.52 bits per heavy atom. The van der Waals surface area contributed by atoms with Gasteiger partial charge in [-0.15, -0.1) is 0 Å². The molecule has 0 aliphatic heterocycles. The van der Waals surface area contributed by atoms with Gasteiger partial charge in [-0.1, -0.05) is 0 Å². The fourth-order valence-corrected chi connectivity index (χ4v) is 1.57. The van der Waals surface area contributed by atoms with Gasteiger partial charge in [-0.2, -0.15) is 8.78 Å². The van der Waals surface area contributed by atoms with E-state index >= 15 is 0 Å². The summed E-state index contributed by atoms with van der Waals surface area (Å²) in [5.41, 5.74) is -0.0695. The second kappa shape index (κ2) is 8.13. The molecule has 1 amide bonds. The Labute approximate surface area is 118 Å². The van der Waals surface area contributed by atoms with Gasteiger partial charge in [0.2, 0.25) is 5.91 Å². The molecule has 1 rings (SSSR count). The molecule has 0 aliphatic rings. The molecule has 0 unspecified atom stereocenters. The SMILES string of the molecule is O=C(O)CCCCC(=O)Nc1ccc(F)cc1OC(F)F. The van der Waals surface area contributed by atoms with Crippen LogP contribution >= 0.6 is 0 Å². The van der Waals surface area contributed by atoms with Crippen LogP contribution in [-0.4, -0.2) is 23.6 Å². The maximum atomic E-state index is 13.0. The Balaban J connectivity index is 2.56. The Morgan fingerprint density at radius 1 is 1.24 bits per heavy atom. The molecule has 0 aromatic heterocycles. The Morgan fingerprint density at radius 2 is 1.90 bits per heavy atom. The molecular formula is C13H14F3NO4. The molecule has 21 heavy (non-hydrogen) atoms. The number of nitrogens with one attached hydrogen (secondary N) is 1. The lowest BCUT2D eigenvalue weighted by molar-refractivity contribution is -0.137. The number of amides is 1. The van der Waals surface area contributed by atoms with Crippen molar-refractivity contribution < 1.29 is 32.6 Å². The number of aliphatic carboxylic acids is 1. The van der Waals surface area contributed by atoms with Crippen molar-refractivity contribution in [3.8, 4) is 5.75 Å². The third kappa shape index (κ3) is 6.64. The van der Waals surface area contributed by atoms with Crippen LogP contribution in [-0.2, 0) is 9.59 Å². The number of carbonyl (C=O) groups excluding carboxylic acids is 1. The molecule has 8 heteroatoms. The lowest BCUT2D eigenvalue weighted by Crippen LogP contribution is -2.13. The zero-order valence-corrected chi connectivity index (χ0v) is 10.9. The topological polar surface area (TPSA) is 75.6 Å². The first kappa shape index (κ1) is 16.8. The molecule has 0 fully saturated rings. The number of hydrogen-bond acceptors (Lipinski definition) is 3. The van der Waals surface area contributed by atoms with Crippen LogP contribution in [0.25, 0.3) is 0 Å². The zero-order chi connectivity index (χ0) is 15.8. The smallest absolute Gasteiger partial charge is 0.387 e. The highest BCUT2D eigenvalue weighted by atomic mass is 19.3. The van der Waals surface area contributed by atoms with E-state index in [1.165, 1.54) is 0 Å². The van der Waals surface area contributed by atoms with Crippen LogP contribution in [0.1, 0.15) is 25.7 Å². The number of carboxylic acid groups (broad SMARTS) is 1. The van der Waals surface area contributed by atoms with Crippen molar-refractivity contribution in [2.24, 2.45) is 0 Å². The molecule has 0 aliphatic carbocycles. The minimum Gasteiger partial charge on any atom is -0.481 e. The summed E-state index contributed by atoms with van der Waals surface area (Å²) in [5, 5.41) is 10.8. The molecule has 116 valence electrons. The minimum absolute atomic E-state index is 0.0266. The van der Waals surface area contributed by atoms with Crippen LogP contribution in [0.3, 0.4) is 0 Å². The normalized spacial score (nSPS) is 10.5. The molecule has 5 nitrogen and oxygen atoms in total. The van der Waals surface area contributed by atoms with Gasteiger partial charge in [0.1, 0.15) is 5.82 Å². The van der Waals surface area contributed by atoms with E-state index in [0.29, 0.717) is 12.8 Å². The summed E-state index contributed by atoms with van der Waals surface area (Å²) in [5.74, 6) is -2.69. The van der Waals surface area contributed by atoms with E-state index in [1.54, 1.807) is 0 Å². The number of ether oxygens (including phenoxy) is 1. The van der Waals surface area contributed by atoms with Gasteiger partial charge >= 0.3 is 12.6 Å². The van der Waals surface area contributed by atoms with Crippen LogP contribution in [0.15, 0.2) is 18.2 Å². The number of anilines is 1. The first-order valence-corrected chi connectivity index (χ1v) is 6.14. The van der Waals surface area contributed by atoms with Crippen molar-refractivity contribution in [2.45, 2.75) is 32.3 Å². The highest BCUT2D eigenvalue weighted by Crippen LogP contribution is 2.27. The average Bonchev–Trinajstić information content (AvgIpc) is 2.37. The van der Waals surface area contributed by atoms with E-state index in [4.69, 9.17) is 5.11 Å².